The fraction of sp³-hybridized carbons (Fsp3) is 0.476. The molecule has 2 aromatic heterocycles. The number of carbonyl (C=O) groups excluding carboxylic acids is 1. The summed E-state index contributed by atoms with van der Waals surface area (Å²) >= 11 is 0. The molecular formula is C21H24F3N3O5. The van der Waals surface area contributed by atoms with Crippen LogP contribution >= 0.6 is 0 Å². The van der Waals surface area contributed by atoms with Crippen molar-refractivity contribution in [1.29, 1.82) is 0 Å². The van der Waals surface area contributed by atoms with Crippen molar-refractivity contribution in [3.05, 3.63) is 54.1 Å². The molecule has 1 aliphatic heterocycles. The number of nitrogens with zero attached hydrogens (tertiary/aromatic N) is 3. The first-order chi connectivity index (χ1) is 15.2. The number of morpholine rings is 1. The van der Waals surface area contributed by atoms with E-state index >= 15 is 0 Å². The van der Waals surface area contributed by atoms with Gasteiger partial charge in [0, 0.05) is 26.0 Å². The van der Waals surface area contributed by atoms with Gasteiger partial charge in [-0.25, -0.2) is 4.79 Å². The SMILES string of the molecule is Cn1cccc1C(=O)N1CCO[C@H]2[C@@H](OCc3ccccn3)CC[C@@H]21.O=C(O)C(F)(F)F. The molecule has 32 heavy (non-hydrogen) atoms. The summed E-state index contributed by atoms with van der Waals surface area (Å²) < 4.78 is 45.7. The molecule has 4 rings (SSSR count). The van der Waals surface area contributed by atoms with Gasteiger partial charge >= 0.3 is 12.1 Å². The zero-order valence-corrected chi connectivity index (χ0v) is 17.4. The third-order valence-electron chi connectivity index (χ3n) is 5.37. The van der Waals surface area contributed by atoms with Crippen LogP contribution in [0.15, 0.2) is 42.7 Å². The van der Waals surface area contributed by atoms with Crippen molar-refractivity contribution in [2.75, 3.05) is 13.2 Å². The number of hydrogen-bond donors (Lipinski definition) is 1. The van der Waals surface area contributed by atoms with Gasteiger partial charge in [0.25, 0.3) is 5.91 Å². The minimum absolute atomic E-state index is 0.0102. The van der Waals surface area contributed by atoms with Crippen molar-refractivity contribution >= 4 is 11.9 Å². The summed E-state index contributed by atoms with van der Waals surface area (Å²) in [5, 5.41) is 7.12. The van der Waals surface area contributed by atoms with Gasteiger partial charge in [0.1, 0.15) is 11.8 Å². The molecule has 1 N–H and O–H groups in total. The van der Waals surface area contributed by atoms with Crippen LogP contribution in [0.2, 0.25) is 0 Å². The average molecular weight is 455 g/mol. The van der Waals surface area contributed by atoms with E-state index in [2.05, 4.69) is 4.98 Å². The maximum Gasteiger partial charge on any atom is 0.490 e. The van der Waals surface area contributed by atoms with E-state index in [0.717, 1.165) is 24.2 Å². The van der Waals surface area contributed by atoms with Crippen LogP contribution in [0, 0.1) is 0 Å². The first kappa shape index (κ1) is 23.7. The number of carboxylic acid groups (broad SMARTS) is 1. The van der Waals surface area contributed by atoms with Crippen LogP contribution in [0.3, 0.4) is 0 Å². The lowest BCUT2D eigenvalue weighted by atomic mass is 10.1. The lowest BCUT2D eigenvalue weighted by Gasteiger charge is -2.39. The summed E-state index contributed by atoms with van der Waals surface area (Å²) in [5.41, 5.74) is 1.64. The molecule has 0 bridgehead atoms. The highest BCUT2D eigenvalue weighted by Crippen LogP contribution is 2.33. The Hall–Kier alpha value is -2.92. The molecule has 0 unspecified atom stereocenters. The molecule has 0 spiro atoms. The van der Waals surface area contributed by atoms with Crippen molar-refractivity contribution in [2.24, 2.45) is 7.05 Å². The van der Waals surface area contributed by atoms with E-state index in [9.17, 15) is 18.0 Å². The fourth-order valence-electron chi connectivity index (χ4n) is 3.85. The molecule has 2 fully saturated rings. The van der Waals surface area contributed by atoms with Gasteiger partial charge in [0.2, 0.25) is 0 Å². The lowest BCUT2D eigenvalue weighted by Crippen LogP contribution is -2.54. The standard InChI is InChI=1S/C19H23N3O3.C2HF3O2/c1-21-10-4-6-16(21)19(23)22-11-12-24-18-15(22)7-8-17(18)25-13-14-5-2-3-9-20-14;3-2(4,5)1(6)7/h2-6,9-10,15,17-18H,7-8,11-13H2,1H3;(H,6,7)/t15-,17-,18+;/m0./s1. The first-order valence-electron chi connectivity index (χ1n) is 10.0. The maximum atomic E-state index is 12.9. The molecule has 3 heterocycles. The van der Waals surface area contributed by atoms with Crippen molar-refractivity contribution in [3.8, 4) is 0 Å². The van der Waals surface area contributed by atoms with Crippen LogP contribution in [0.1, 0.15) is 29.0 Å². The monoisotopic (exact) mass is 455 g/mol. The van der Waals surface area contributed by atoms with E-state index in [0.29, 0.717) is 19.8 Å². The minimum Gasteiger partial charge on any atom is -0.475 e. The van der Waals surface area contributed by atoms with Gasteiger partial charge in [-0.05, 0) is 37.1 Å². The van der Waals surface area contributed by atoms with Gasteiger partial charge < -0.3 is 24.0 Å². The molecule has 8 nitrogen and oxygen atoms in total. The van der Waals surface area contributed by atoms with E-state index < -0.39 is 12.1 Å². The maximum absolute atomic E-state index is 12.9. The smallest absolute Gasteiger partial charge is 0.475 e. The van der Waals surface area contributed by atoms with Crippen LogP contribution in [0.5, 0.6) is 0 Å². The van der Waals surface area contributed by atoms with Gasteiger partial charge in [-0.15, -0.1) is 0 Å². The number of carbonyl (C=O) groups is 2. The molecule has 11 heteroatoms. The Balaban J connectivity index is 0.000000360. The number of pyridine rings is 1. The van der Waals surface area contributed by atoms with Crippen LogP contribution < -0.4 is 0 Å². The van der Waals surface area contributed by atoms with E-state index in [1.165, 1.54) is 0 Å². The quantitative estimate of drug-likeness (QED) is 0.762. The van der Waals surface area contributed by atoms with E-state index in [-0.39, 0.29) is 24.2 Å². The van der Waals surface area contributed by atoms with E-state index in [1.807, 2.05) is 53.0 Å². The van der Waals surface area contributed by atoms with Crippen LogP contribution in [0.4, 0.5) is 13.2 Å². The second-order valence-electron chi connectivity index (χ2n) is 7.46. The molecular weight excluding hydrogens is 431 g/mol. The molecule has 2 aliphatic rings. The number of carboxylic acids is 1. The third-order valence-corrected chi connectivity index (χ3v) is 5.37. The summed E-state index contributed by atoms with van der Waals surface area (Å²) in [5.74, 6) is -2.68. The highest BCUT2D eigenvalue weighted by molar-refractivity contribution is 5.93. The Morgan fingerprint density at radius 3 is 2.59 bits per heavy atom. The Morgan fingerprint density at radius 2 is 2.00 bits per heavy atom. The number of amides is 1. The number of hydrogen-bond acceptors (Lipinski definition) is 5. The van der Waals surface area contributed by atoms with Gasteiger partial charge in [-0.3, -0.25) is 9.78 Å². The van der Waals surface area contributed by atoms with Gasteiger partial charge in [0.15, 0.2) is 0 Å². The zero-order chi connectivity index (χ0) is 23.3. The summed E-state index contributed by atoms with van der Waals surface area (Å²) in [7, 11) is 1.90. The summed E-state index contributed by atoms with van der Waals surface area (Å²) in [4.78, 5) is 28.1. The van der Waals surface area contributed by atoms with Crippen molar-refractivity contribution in [3.63, 3.8) is 0 Å². The second-order valence-corrected chi connectivity index (χ2v) is 7.46. The van der Waals surface area contributed by atoms with Gasteiger partial charge in [-0.1, -0.05) is 6.07 Å². The van der Waals surface area contributed by atoms with Crippen molar-refractivity contribution < 1.29 is 37.3 Å². The molecule has 174 valence electrons. The number of ether oxygens (including phenoxy) is 2. The van der Waals surface area contributed by atoms with Crippen molar-refractivity contribution in [2.45, 2.75) is 43.9 Å². The molecule has 0 aromatic carbocycles. The summed E-state index contributed by atoms with van der Waals surface area (Å²) in [6.45, 7) is 1.67. The Kier molecular flexibility index (Phi) is 7.52. The molecule has 2 aromatic rings. The highest BCUT2D eigenvalue weighted by atomic mass is 19.4. The van der Waals surface area contributed by atoms with Gasteiger partial charge in [0.05, 0.1) is 31.1 Å². The number of aromatic nitrogens is 2. The summed E-state index contributed by atoms with van der Waals surface area (Å²) in [6, 6.07) is 9.67. The number of aliphatic carboxylic acids is 1. The van der Waals surface area contributed by atoms with Crippen molar-refractivity contribution in [1.82, 2.24) is 14.5 Å². The van der Waals surface area contributed by atoms with Crippen LogP contribution in [0.25, 0.3) is 0 Å². The number of aryl methyl sites for hydroxylation is 1. The molecule has 1 saturated heterocycles. The Bertz CT molecular complexity index is 919. The normalized spacial score (nSPS) is 22.6. The van der Waals surface area contributed by atoms with Crippen LogP contribution in [-0.4, -0.2) is 69.0 Å². The molecule has 0 radical (unpaired) electrons. The predicted molar refractivity (Wildman–Crippen MR) is 106 cm³/mol. The fourth-order valence-corrected chi connectivity index (χ4v) is 3.85. The summed E-state index contributed by atoms with van der Waals surface area (Å²) in [6.07, 6.45) is 0.358. The number of rotatable bonds is 4. The molecule has 3 atom stereocenters. The van der Waals surface area contributed by atoms with E-state index in [1.54, 1.807) is 6.20 Å². The van der Waals surface area contributed by atoms with Gasteiger partial charge in [-0.2, -0.15) is 13.2 Å². The Labute approximate surface area is 182 Å². The molecule has 1 amide bonds. The third kappa shape index (κ3) is 5.65. The number of halogens is 3. The van der Waals surface area contributed by atoms with Crippen LogP contribution in [-0.2, 0) is 27.9 Å². The second kappa shape index (κ2) is 10.1. The van der Waals surface area contributed by atoms with E-state index in [4.69, 9.17) is 19.4 Å². The Morgan fingerprint density at radius 1 is 1.25 bits per heavy atom. The molecule has 1 aliphatic carbocycles. The minimum atomic E-state index is -5.08. The number of alkyl halides is 3. The first-order valence-corrected chi connectivity index (χ1v) is 10.0. The lowest BCUT2D eigenvalue weighted by molar-refractivity contribution is -0.192. The average Bonchev–Trinajstić information content (AvgIpc) is 3.38. The zero-order valence-electron chi connectivity index (χ0n) is 17.4. The molecule has 1 saturated carbocycles. The number of fused-ring (bicyclic) bond motifs is 1. The topological polar surface area (TPSA) is 93.9 Å². The largest absolute Gasteiger partial charge is 0.490 e. The predicted octanol–water partition coefficient (Wildman–Crippen LogP) is 2.64. The highest BCUT2D eigenvalue weighted by Gasteiger charge is 2.45.